The van der Waals surface area contributed by atoms with E-state index in [0.717, 1.165) is 16.9 Å². The van der Waals surface area contributed by atoms with Crippen molar-refractivity contribution >= 4 is 21.6 Å². The second-order valence-corrected chi connectivity index (χ2v) is 6.50. The van der Waals surface area contributed by atoms with Gasteiger partial charge in [-0.1, -0.05) is 24.3 Å². The summed E-state index contributed by atoms with van der Waals surface area (Å²) in [6, 6.07) is 13.5. The number of rotatable bonds is 5. The molecule has 2 aromatic carbocycles. The highest BCUT2D eigenvalue weighted by Crippen LogP contribution is 2.30. The summed E-state index contributed by atoms with van der Waals surface area (Å²) in [6.45, 7) is 0. The Labute approximate surface area is 158 Å². The molecular weight excluding hydrogens is 401 g/mol. The first kappa shape index (κ1) is 18.1. The lowest BCUT2D eigenvalue weighted by atomic mass is 9.98. The zero-order chi connectivity index (χ0) is 18.7. The number of methoxy groups -OCH3 is 1. The normalized spacial score (nSPS) is 11.8. The van der Waals surface area contributed by atoms with Crippen molar-refractivity contribution in [1.29, 1.82) is 0 Å². The van der Waals surface area contributed by atoms with Gasteiger partial charge in [-0.25, -0.2) is 9.07 Å². The molecule has 0 radical (unpaired) electrons. The van der Waals surface area contributed by atoms with Gasteiger partial charge in [0.1, 0.15) is 16.0 Å². The Morgan fingerprint density at radius 2 is 1.69 bits per heavy atom. The van der Waals surface area contributed by atoms with Crippen LogP contribution >= 0.6 is 15.9 Å². The maximum atomic E-state index is 13.3. The molecule has 0 aliphatic carbocycles. The average molecular weight is 418 g/mol. The van der Waals surface area contributed by atoms with Crippen LogP contribution in [-0.4, -0.2) is 16.9 Å². The van der Waals surface area contributed by atoms with E-state index in [1.807, 2.05) is 24.3 Å². The number of hydrogen-bond acceptors (Lipinski definition) is 4. The van der Waals surface area contributed by atoms with E-state index < -0.39 is 0 Å². The van der Waals surface area contributed by atoms with Crippen LogP contribution in [0.5, 0.6) is 5.75 Å². The Bertz CT molecular complexity index is 956. The van der Waals surface area contributed by atoms with Gasteiger partial charge in [0.15, 0.2) is 0 Å². The Kier molecular flexibility index (Phi) is 5.37. The molecule has 0 saturated heterocycles. The molecule has 0 bridgehead atoms. The number of ether oxygens (including phenoxy) is 1. The van der Waals surface area contributed by atoms with E-state index in [4.69, 9.17) is 4.74 Å². The van der Waals surface area contributed by atoms with Crippen LogP contribution in [-0.2, 0) is 7.05 Å². The molecular formula is C19H17BrFN3O2. The molecule has 1 aromatic heterocycles. The van der Waals surface area contributed by atoms with Gasteiger partial charge >= 0.3 is 0 Å². The first-order valence-electron chi connectivity index (χ1n) is 7.87. The predicted molar refractivity (Wildman–Crippen MR) is 102 cm³/mol. The third-order valence-corrected chi connectivity index (χ3v) is 4.80. The minimum Gasteiger partial charge on any atom is -0.497 e. The lowest BCUT2D eigenvalue weighted by Gasteiger charge is -2.22. The molecule has 0 aliphatic heterocycles. The van der Waals surface area contributed by atoms with E-state index in [1.165, 1.54) is 16.8 Å². The molecule has 0 aliphatic rings. The van der Waals surface area contributed by atoms with Crippen LogP contribution in [0.3, 0.4) is 0 Å². The summed E-state index contributed by atoms with van der Waals surface area (Å²) >= 11 is 3.32. The molecule has 134 valence electrons. The van der Waals surface area contributed by atoms with Crippen LogP contribution in [0.25, 0.3) is 0 Å². The lowest BCUT2D eigenvalue weighted by molar-refractivity contribution is 0.414. The SMILES string of the molecule is COc1ccc(C(Nc2cnn(C)c(=O)c2Br)c2ccc(F)cc2)cc1. The van der Waals surface area contributed by atoms with E-state index in [1.54, 1.807) is 32.5 Å². The Hall–Kier alpha value is -2.67. The minimum atomic E-state index is -0.307. The highest BCUT2D eigenvalue weighted by Gasteiger charge is 2.17. The van der Waals surface area contributed by atoms with E-state index in [-0.39, 0.29) is 17.4 Å². The van der Waals surface area contributed by atoms with Crippen LogP contribution in [0.15, 0.2) is 64.0 Å². The van der Waals surface area contributed by atoms with Gasteiger partial charge in [-0.05, 0) is 51.3 Å². The van der Waals surface area contributed by atoms with Crippen molar-refractivity contribution in [2.75, 3.05) is 12.4 Å². The molecule has 3 rings (SSSR count). The van der Waals surface area contributed by atoms with E-state index in [0.29, 0.717) is 10.2 Å². The van der Waals surface area contributed by atoms with Crippen molar-refractivity contribution in [3.8, 4) is 5.75 Å². The van der Waals surface area contributed by atoms with Gasteiger partial charge in [0.05, 0.1) is 25.0 Å². The van der Waals surface area contributed by atoms with Crippen molar-refractivity contribution < 1.29 is 9.13 Å². The van der Waals surface area contributed by atoms with Crippen molar-refractivity contribution in [3.05, 3.63) is 86.5 Å². The molecule has 1 atom stereocenters. The number of halogens is 2. The van der Waals surface area contributed by atoms with Gasteiger partial charge in [0.2, 0.25) is 0 Å². The summed E-state index contributed by atoms with van der Waals surface area (Å²) in [5, 5.41) is 7.37. The fourth-order valence-electron chi connectivity index (χ4n) is 2.58. The van der Waals surface area contributed by atoms with E-state index >= 15 is 0 Å². The maximum absolute atomic E-state index is 13.3. The summed E-state index contributed by atoms with van der Waals surface area (Å²) in [6.07, 6.45) is 1.57. The van der Waals surface area contributed by atoms with Gasteiger partial charge in [-0.3, -0.25) is 4.79 Å². The van der Waals surface area contributed by atoms with Crippen LogP contribution in [0.1, 0.15) is 17.2 Å². The molecule has 0 amide bonds. The van der Waals surface area contributed by atoms with Crippen LogP contribution in [0.2, 0.25) is 0 Å². The summed E-state index contributed by atoms with van der Waals surface area (Å²) in [5.74, 6) is 0.432. The van der Waals surface area contributed by atoms with Crippen LogP contribution in [0, 0.1) is 5.82 Å². The molecule has 0 fully saturated rings. The second kappa shape index (κ2) is 7.70. The molecule has 7 heteroatoms. The molecule has 1 unspecified atom stereocenters. The van der Waals surface area contributed by atoms with Gasteiger partial charge in [-0.15, -0.1) is 0 Å². The van der Waals surface area contributed by atoms with Crippen LogP contribution < -0.4 is 15.6 Å². The van der Waals surface area contributed by atoms with Gasteiger partial charge in [0, 0.05) is 7.05 Å². The first-order chi connectivity index (χ1) is 12.5. The number of benzene rings is 2. The number of anilines is 1. The Morgan fingerprint density at radius 1 is 1.12 bits per heavy atom. The first-order valence-corrected chi connectivity index (χ1v) is 8.66. The fraction of sp³-hybridized carbons (Fsp3) is 0.158. The maximum Gasteiger partial charge on any atom is 0.282 e. The molecule has 1 heterocycles. The van der Waals surface area contributed by atoms with Crippen molar-refractivity contribution in [2.24, 2.45) is 7.05 Å². The average Bonchev–Trinajstić information content (AvgIpc) is 2.67. The monoisotopic (exact) mass is 417 g/mol. The quantitative estimate of drug-likeness (QED) is 0.683. The minimum absolute atomic E-state index is 0.248. The largest absolute Gasteiger partial charge is 0.497 e. The zero-order valence-corrected chi connectivity index (χ0v) is 15.8. The van der Waals surface area contributed by atoms with Crippen LogP contribution in [0.4, 0.5) is 10.1 Å². The van der Waals surface area contributed by atoms with Gasteiger partial charge in [0.25, 0.3) is 5.56 Å². The second-order valence-electron chi connectivity index (χ2n) is 5.70. The summed E-state index contributed by atoms with van der Waals surface area (Å²) < 4.78 is 20.2. The Morgan fingerprint density at radius 3 is 2.27 bits per heavy atom. The molecule has 0 spiro atoms. The van der Waals surface area contributed by atoms with Gasteiger partial charge < -0.3 is 10.1 Å². The number of nitrogens with zero attached hydrogens (tertiary/aromatic N) is 2. The van der Waals surface area contributed by atoms with Crippen molar-refractivity contribution in [3.63, 3.8) is 0 Å². The molecule has 0 saturated carbocycles. The van der Waals surface area contributed by atoms with Crippen molar-refractivity contribution in [2.45, 2.75) is 6.04 Å². The van der Waals surface area contributed by atoms with Crippen molar-refractivity contribution in [1.82, 2.24) is 9.78 Å². The zero-order valence-electron chi connectivity index (χ0n) is 14.2. The van der Waals surface area contributed by atoms with E-state index in [2.05, 4.69) is 26.3 Å². The summed E-state index contributed by atoms with van der Waals surface area (Å²) in [7, 11) is 3.19. The Balaban J connectivity index is 2.04. The summed E-state index contributed by atoms with van der Waals surface area (Å²) in [5.41, 5.74) is 2.09. The summed E-state index contributed by atoms with van der Waals surface area (Å²) in [4.78, 5) is 12.1. The topological polar surface area (TPSA) is 56.1 Å². The number of hydrogen-bond donors (Lipinski definition) is 1. The number of aryl methyl sites for hydroxylation is 1. The third kappa shape index (κ3) is 3.77. The molecule has 26 heavy (non-hydrogen) atoms. The van der Waals surface area contributed by atoms with Gasteiger partial charge in [-0.2, -0.15) is 5.10 Å². The highest BCUT2D eigenvalue weighted by molar-refractivity contribution is 9.10. The standard InChI is InChI=1S/C19H17BrFN3O2/c1-24-19(25)17(20)16(11-22-24)23-18(12-3-7-14(21)8-4-12)13-5-9-15(26-2)10-6-13/h3-11,18,23H,1-2H3. The highest BCUT2D eigenvalue weighted by atomic mass is 79.9. The molecule has 5 nitrogen and oxygen atoms in total. The molecule has 1 N–H and O–H groups in total. The smallest absolute Gasteiger partial charge is 0.282 e. The lowest BCUT2D eigenvalue weighted by Crippen LogP contribution is -2.22. The predicted octanol–water partition coefficient (Wildman–Crippen LogP) is 3.89. The number of aromatic nitrogens is 2. The fourth-order valence-corrected chi connectivity index (χ4v) is 3.05. The third-order valence-electron chi connectivity index (χ3n) is 4.03. The number of nitrogens with one attached hydrogen (secondary N) is 1. The van der Waals surface area contributed by atoms with E-state index in [9.17, 15) is 9.18 Å². The molecule has 3 aromatic rings.